The van der Waals surface area contributed by atoms with Gasteiger partial charge in [0, 0.05) is 11.8 Å². The summed E-state index contributed by atoms with van der Waals surface area (Å²) in [4.78, 5) is 0. The van der Waals surface area contributed by atoms with Crippen LogP contribution in [0.3, 0.4) is 0 Å². The molecule has 3 aromatic rings. The summed E-state index contributed by atoms with van der Waals surface area (Å²) in [6, 6.07) is 18.1. The van der Waals surface area contributed by atoms with E-state index >= 15 is 0 Å². The quantitative estimate of drug-likeness (QED) is 0.766. The lowest BCUT2D eigenvalue weighted by molar-refractivity contribution is 0.0573. The van der Waals surface area contributed by atoms with Gasteiger partial charge in [-0.2, -0.15) is 0 Å². The molecule has 3 nitrogen and oxygen atoms in total. The van der Waals surface area contributed by atoms with Crippen LogP contribution in [0, 0.1) is 0 Å². The fourth-order valence-electron chi connectivity index (χ4n) is 2.61. The van der Waals surface area contributed by atoms with Crippen molar-refractivity contribution in [2.75, 3.05) is 6.54 Å². The fraction of sp³-hybridized carbons (Fsp3) is 0.222. The summed E-state index contributed by atoms with van der Waals surface area (Å²) in [6.07, 6.45) is 2.35. The highest BCUT2D eigenvalue weighted by molar-refractivity contribution is 5.88. The highest BCUT2D eigenvalue weighted by atomic mass is 16.5. The Bertz CT molecular complexity index is 716. The Morgan fingerprint density at radius 1 is 1.05 bits per heavy atom. The zero-order valence-electron chi connectivity index (χ0n) is 12.1. The summed E-state index contributed by atoms with van der Waals surface area (Å²) in [5.41, 5.74) is 5.20. The molecular formula is C18H19NO2. The Hall–Kier alpha value is -2.26. The summed E-state index contributed by atoms with van der Waals surface area (Å²) in [6.45, 7) is 2.54. The minimum atomic E-state index is -0.567. The zero-order valence-corrected chi connectivity index (χ0v) is 12.1. The number of benzene rings is 2. The van der Waals surface area contributed by atoms with Gasteiger partial charge in [0.05, 0.1) is 6.26 Å². The maximum atomic E-state index is 6.33. The van der Waals surface area contributed by atoms with Crippen molar-refractivity contribution in [1.82, 2.24) is 0 Å². The molecule has 2 N–H and O–H groups in total. The first kappa shape index (κ1) is 13.7. The van der Waals surface area contributed by atoms with E-state index in [2.05, 4.69) is 18.2 Å². The van der Waals surface area contributed by atoms with Crippen LogP contribution in [-0.4, -0.2) is 6.54 Å². The highest BCUT2D eigenvalue weighted by Gasteiger charge is 2.31. The first-order valence-corrected chi connectivity index (χ1v) is 7.14. The van der Waals surface area contributed by atoms with E-state index in [1.165, 1.54) is 0 Å². The Labute approximate surface area is 124 Å². The molecule has 0 amide bonds. The van der Waals surface area contributed by atoms with Crippen LogP contribution in [0.2, 0.25) is 0 Å². The molecule has 3 rings (SSSR count). The van der Waals surface area contributed by atoms with Crippen molar-refractivity contribution in [2.45, 2.75) is 18.9 Å². The lowest BCUT2D eigenvalue weighted by Gasteiger charge is -2.29. The summed E-state index contributed by atoms with van der Waals surface area (Å²) in [5.74, 6) is 1.64. The third-order valence-corrected chi connectivity index (χ3v) is 3.75. The number of hydrogen-bond acceptors (Lipinski definition) is 3. The number of nitrogens with two attached hydrogens (primary N) is 1. The molecule has 0 aliphatic heterocycles. The van der Waals surface area contributed by atoms with Gasteiger partial charge in [0.25, 0.3) is 0 Å². The summed E-state index contributed by atoms with van der Waals surface area (Å²) >= 11 is 0. The Morgan fingerprint density at radius 3 is 2.62 bits per heavy atom. The largest absolute Gasteiger partial charge is 0.479 e. The zero-order chi connectivity index (χ0) is 14.7. The Morgan fingerprint density at radius 2 is 1.86 bits per heavy atom. The van der Waals surface area contributed by atoms with Crippen LogP contribution in [0.4, 0.5) is 0 Å². The first-order valence-electron chi connectivity index (χ1n) is 7.14. The molecule has 0 aliphatic carbocycles. The van der Waals surface area contributed by atoms with Gasteiger partial charge < -0.3 is 14.9 Å². The second kappa shape index (κ2) is 5.62. The highest BCUT2D eigenvalue weighted by Crippen LogP contribution is 2.35. The molecule has 1 atom stereocenters. The van der Waals surface area contributed by atoms with Gasteiger partial charge in [-0.25, -0.2) is 0 Å². The van der Waals surface area contributed by atoms with Crippen LogP contribution < -0.4 is 10.5 Å². The monoisotopic (exact) mass is 281 g/mol. The average Bonchev–Trinajstić information content (AvgIpc) is 3.03. The molecule has 3 heteroatoms. The minimum absolute atomic E-state index is 0.530. The van der Waals surface area contributed by atoms with Crippen molar-refractivity contribution in [3.63, 3.8) is 0 Å². The molecule has 0 spiro atoms. The van der Waals surface area contributed by atoms with E-state index in [0.29, 0.717) is 13.0 Å². The molecule has 0 aliphatic rings. The molecule has 0 bridgehead atoms. The maximum Gasteiger partial charge on any atom is 0.164 e. The lowest BCUT2D eigenvalue weighted by Crippen LogP contribution is -2.31. The molecule has 0 fully saturated rings. The molecule has 1 heterocycles. The predicted octanol–water partition coefficient (Wildman–Crippen LogP) is 4.08. The first-order chi connectivity index (χ1) is 10.2. The smallest absolute Gasteiger partial charge is 0.164 e. The molecular weight excluding hydrogens is 262 g/mol. The van der Waals surface area contributed by atoms with E-state index in [9.17, 15) is 0 Å². The van der Waals surface area contributed by atoms with Crippen molar-refractivity contribution in [3.05, 3.63) is 66.6 Å². The summed E-state index contributed by atoms with van der Waals surface area (Å²) < 4.78 is 11.9. The standard InChI is InChI=1S/C18H19NO2/c1-18(11-12-19,17-10-5-13-20-17)21-16-9-4-7-14-6-2-3-8-15(14)16/h2-10,13H,11-12,19H2,1H3. The number of rotatable bonds is 5. The topological polar surface area (TPSA) is 48.4 Å². The van der Waals surface area contributed by atoms with Crippen LogP contribution in [0.5, 0.6) is 5.75 Å². The number of fused-ring (bicyclic) bond motifs is 1. The van der Waals surface area contributed by atoms with Crippen molar-refractivity contribution in [1.29, 1.82) is 0 Å². The molecule has 2 aromatic carbocycles. The third-order valence-electron chi connectivity index (χ3n) is 3.75. The number of ether oxygens (including phenoxy) is 1. The molecule has 108 valence electrons. The van der Waals surface area contributed by atoms with E-state index in [0.717, 1.165) is 22.3 Å². The van der Waals surface area contributed by atoms with Crippen LogP contribution >= 0.6 is 0 Å². The van der Waals surface area contributed by atoms with Crippen LogP contribution in [0.25, 0.3) is 10.8 Å². The molecule has 0 radical (unpaired) electrons. The van der Waals surface area contributed by atoms with Gasteiger partial charge in [-0.3, -0.25) is 0 Å². The van der Waals surface area contributed by atoms with Crippen molar-refractivity contribution in [3.8, 4) is 5.75 Å². The average molecular weight is 281 g/mol. The van der Waals surface area contributed by atoms with E-state index in [-0.39, 0.29) is 0 Å². The van der Waals surface area contributed by atoms with Gasteiger partial charge in [0.15, 0.2) is 5.60 Å². The van der Waals surface area contributed by atoms with E-state index < -0.39 is 5.60 Å². The maximum absolute atomic E-state index is 6.33. The van der Waals surface area contributed by atoms with E-state index in [4.69, 9.17) is 14.9 Å². The van der Waals surface area contributed by atoms with Crippen LogP contribution in [0.1, 0.15) is 19.1 Å². The van der Waals surface area contributed by atoms with Crippen LogP contribution in [0.15, 0.2) is 65.3 Å². The minimum Gasteiger partial charge on any atom is -0.479 e. The van der Waals surface area contributed by atoms with Gasteiger partial charge in [-0.15, -0.1) is 0 Å². The second-order valence-corrected chi connectivity index (χ2v) is 5.33. The van der Waals surface area contributed by atoms with Gasteiger partial charge in [-0.1, -0.05) is 36.4 Å². The molecule has 0 saturated carbocycles. The van der Waals surface area contributed by atoms with Crippen molar-refractivity contribution < 1.29 is 9.15 Å². The summed E-state index contributed by atoms with van der Waals surface area (Å²) in [5, 5.41) is 2.25. The van der Waals surface area contributed by atoms with Crippen molar-refractivity contribution in [2.24, 2.45) is 5.73 Å². The normalized spacial score (nSPS) is 14.0. The van der Waals surface area contributed by atoms with Crippen LogP contribution in [-0.2, 0) is 5.60 Å². The fourth-order valence-corrected chi connectivity index (χ4v) is 2.61. The SMILES string of the molecule is CC(CCN)(Oc1cccc2ccccc12)c1ccco1. The van der Waals surface area contributed by atoms with E-state index in [1.807, 2.05) is 43.3 Å². The molecule has 21 heavy (non-hydrogen) atoms. The van der Waals surface area contributed by atoms with Crippen molar-refractivity contribution >= 4 is 10.8 Å². The van der Waals surface area contributed by atoms with Gasteiger partial charge in [0.1, 0.15) is 11.5 Å². The second-order valence-electron chi connectivity index (χ2n) is 5.33. The van der Waals surface area contributed by atoms with Gasteiger partial charge in [-0.05, 0) is 37.1 Å². The predicted molar refractivity (Wildman–Crippen MR) is 84.3 cm³/mol. The number of furan rings is 1. The molecule has 1 aromatic heterocycles. The molecule has 1 unspecified atom stereocenters. The van der Waals surface area contributed by atoms with Gasteiger partial charge in [0.2, 0.25) is 0 Å². The van der Waals surface area contributed by atoms with E-state index in [1.54, 1.807) is 6.26 Å². The Kier molecular flexibility index (Phi) is 3.67. The third kappa shape index (κ3) is 2.65. The lowest BCUT2D eigenvalue weighted by atomic mass is 9.98. The Balaban J connectivity index is 2.02. The molecule has 0 saturated heterocycles. The summed E-state index contributed by atoms with van der Waals surface area (Å²) in [7, 11) is 0. The number of hydrogen-bond donors (Lipinski definition) is 1. The van der Waals surface area contributed by atoms with Gasteiger partial charge >= 0.3 is 0 Å².